The number of hydrogen-bond acceptors (Lipinski definition) is 4. The first kappa shape index (κ1) is 14.4. The van der Waals surface area contributed by atoms with E-state index in [2.05, 4.69) is 10.3 Å². The number of hydrogen-bond donors (Lipinski definition) is 1. The van der Waals surface area contributed by atoms with Crippen molar-refractivity contribution in [1.82, 2.24) is 14.6 Å². The Hall–Kier alpha value is -1.50. The van der Waals surface area contributed by atoms with Crippen LogP contribution < -0.4 is 5.32 Å². The molecule has 1 aliphatic heterocycles. The Morgan fingerprint density at radius 3 is 3.00 bits per heavy atom. The molecule has 3 rings (SSSR count). The first-order chi connectivity index (χ1) is 10.1. The summed E-state index contributed by atoms with van der Waals surface area (Å²) in [6.07, 6.45) is 3.50. The molecule has 1 N–H and O–H groups in total. The molecule has 1 atom stereocenters. The highest BCUT2D eigenvalue weighted by molar-refractivity contribution is 7.89. The van der Waals surface area contributed by atoms with E-state index >= 15 is 0 Å². The zero-order valence-electron chi connectivity index (χ0n) is 12.0. The quantitative estimate of drug-likeness (QED) is 0.932. The summed E-state index contributed by atoms with van der Waals surface area (Å²) >= 11 is 0. The molecule has 1 fully saturated rings. The third kappa shape index (κ3) is 2.54. The topological polar surface area (TPSA) is 62.3 Å². The second-order valence-electron chi connectivity index (χ2n) is 5.30. The summed E-state index contributed by atoms with van der Waals surface area (Å²) in [7, 11) is -1.63. The van der Waals surface area contributed by atoms with Gasteiger partial charge >= 0.3 is 0 Å². The lowest BCUT2D eigenvalue weighted by molar-refractivity contribution is 0.379. The van der Waals surface area contributed by atoms with Gasteiger partial charge in [-0.05, 0) is 44.2 Å². The minimum absolute atomic E-state index is 0.0342. The SMILES string of the molecule is CNC[C@@H]1CCCN1S(=O)(=O)c1cccc2ncccc12. The van der Waals surface area contributed by atoms with Crippen molar-refractivity contribution >= 4 is 20.9 Å². The summed E-state index contributed by atoms with van der Waals surface area (Å²) in [5.41, 5.74) is 0.711. The molecular weight excluding hydrogens is 286 g/mol. The Morgan fingerprint density at radius 2 is 2.19 bits per heavy atom. The molecule has 1 saturated heterocycles. The van der Waals surface area contributed by atoms with Crippen molar-refractivity contribution < 1.29 is 8.42 Å². The molecule has 1 aliphatic rings. The van der Waals surface area contributed by atoms with Crippen LogP contribution >= 0.6 is 0 Å². The maximum absolute atomic E-state index is 13.0. The van der Waals surface area contributed by atoms with E-state index in [-0.39, 0.29) is 6.04 Å². The Labute approximate surface area is 125 Å². The number of pyridine rings is 1. The summed E-state index contributed by atoms with van der Waals surface area (Å²) in [4.78, 5) is 4.60. The minimum Gasteiger partial charge on any atom is -0.318 e. The summed E-state index contributed by atoms with van der Waals surface area (Å²) in [6.45, 7) is 1.27. The van der Waals surface area contributed by atoms with Crippen LogP contribution in [-0.4, -0.2) is 43.9 Å². The van der Waals surface area contributed by atoms with Gasteiger partial charge in [0.2, 0.25) is 10.0 Å². The fourth-order valence-corrected chi connectivity index (χ4v) is 4.89. The van der Waals surface area contributed by atoms with Crippen LogP contribution in [-0.2, 0) is 10.0 Å². The van der Waals surface area contributed by atoms with Crippen molar-refractivity contribution in [3.63, 3.8) is 0 Å². The zero-order valence-corrected chi connectivity index (χ0v) is 12.8. The number of nitrogens with zero attached hydrogens (tertiary/aromatic N) is 2. The molecule has 112 valence electrons. The van der Waals surface area contributed by atoms with Crippen LogP contribution in [0.25, 0.3) is 10.9 Å². The number of likely N-dealkylation sites (N-methyl/N-ethyl adjacent to an activating group) is 1. The number of rotatable bonds is 4. The van der Waals surface area contributed by atoms with E-state index in [0.29, 0.717) is 28.9 Å². The van der Waals surface area contributed by atoms with Crippen LogP contribution in [0.2, 0.25) is 0 Å². The lowest BCUT2D eigenvalue weighted by atomic mass is 10.2. The largest absolute Gasteiger partial charge is 0.318 e. The van der Waals surface area contributed by atoms with Crippen molar-refractivity contribution in [3.05, 3.63) is 36.5 Å². The van der Waals surface area contributed by atoms with Gasteiger partial charge in [0, 0.05) is 30.7 Å². The van der Waals surface area contributed by atoms with Gasteiger partial charge in [-0.3, -0.25) is 4.98 Å². The summed E-state index contributed by atoms with van der Waals surface area (Å²) in [6, 6.07) is 8.89. The molecule has 0 spiro atoms. The smallest absolute Gasteiger partial charge is 0.244 e. The zero-order chi connectivity index (χ0) is 14.9. The molecule has 0 aliphatic carbocycles. The van der Waals surface area contributed by atoms with Crippen LogP contribution in [0.5, 0.6) is 0 Å². The Balaban J connectivity index is 2.08. The average molecular weight is 305 g/mol. The van der Waals surface area contributed by atoms with E-state index in [1.165, 1.54) is 0 Å². The van der Waals surface area contributed by atoms with Crippen LogP contribution in [0, 0.1) is 0 Å². The number of fused-ring (bicyclic) bond motifs is 1. The van der Waals surface area contributed by atoms with Crippen LogP contribution in [0.1, 0.15) is 12.8 Å². The van der Waals surface area contributed by atoms with E-state index < -0.39 is 10.0 Å². The van der Waals surface area contributed by atoms with E-state index in [0.717, 1.165) is 12.8 Å². The third-order valence-electron chi connectivity index (χ3n) is 3.96. The normalized spacial score (nSPS) is 20.1. The second kappa shape index (κ2) is 5.71. The predicted molar refractivity (Wildman–Crippen MR) is 82.6 cm³/mol. The van der Waals surface area contributed by atoms with Crippen molar-refractivity contribution in [3.8, 4) is 0 Å². The van der Waals surface area contributed by atoms with E-state index in [1.807, 2.05) is 19.2 Å². The molecule has 5 nitrogen and oxygen atoms in total. The fourth-order valence-electron chi connectivity index (χ4n) is 2.99. The fraction of sp³-hybridized carbons (Fsp3) is 0.400. The van der Waals surface area contributed by atoms with Gasteiger partial charge in [0.1, 0.15) is 0 Å². The maximum Gasteiger partial charge on any atom is 0.244 e. The van der Waals surface area contributed by atoms with Crippen molar-refractivity contribution in [1.29, 1.82) is 0 Å². The summed E-state index contributed by atoms with van der Waals surface area (Å²) in [5, 5.41) is 3.77. The number of sulfonamides is 1. The molecule has 0 unspecified atom stereocenters. The van der Waals surface area contributed by atoms with Gasteiger partial charge in [0.05, 0.1) is 10.4 Å². The Morgan fingerprint density at radius 1 is 1.33 bits per heavy atom. The van der Waals surface area contributed by atoms with E-state index in [4.69, 9.17) is 0 Å². The summed E-state index contributed by atoms with van der Waals surface area (Å²) in [5.74, 6) is 0. The van der Waals surface area contributed by atoms with Crippen LogP contribution in [0.15, 0.2) is 41.4 Å². The molecule has 1 aromatic heterocycles. The lowest BCUT2D eigenvalue weighted by Gasteiger charge is -2.24. The van der Waals surface area contributed by atoms with Gasteiger partial charge in [-0.15, -0.1) is 0 Å². The molecule has 0 amide bonds. The van der Waals surface area contributed by atoms with Crippen molar-refractivity contribution in [2.75, 3.05) is 20.1 Å². The number of nitrogens with one attached hydrogen (secondary N) is 1. The maximum atomic E-state index is 13.0. The standard InChI is InChI=1S/C15H19N3O2S/c1-16-11-12-5-4-10-18(12)21(19,20)15-8-2-7-14-13(15)6-3-9-17-14/h2-3,6-9,12,16H,4-5,10-11H2,1H3/t12-/m0/s1. The first-order valence-corrected chi connectivity index (χ1v) is 8.59. The summed E-state index contributed by atoms with van der Waals surface area (Å²) < 4.78 is 27.6. The third-order valence-corrected chi connectivity index (χ3v) is 5.97. The van der Waals surface area contributed by atoms with Gasteiger partial charge in [-0.25, -0.2) is 8.42 Å². The highest BCUT2D eigenvalue weighted by atomic mass is 32.2. The van der Waals surface area contributed by atoms with Crippen LogP contribution in [0.3, 0.4) is 0 Å². The molecule has 2 aromatic rings. The van der Waals surface area contributed by atoms with Gasteiger partial charge in [0.25, 0.3) is 0 Å². The minimum atomic E-state index is -3.48. The Bertz CT molecular complexity index is 740. The number of benzene rings is 1. The van der Waals surface area contributed by atoms with Crippen molar-refractivity contribution in [2.24, 2.45) is 0 Å². The Kier molecular flexibility index (Phi) is 3.93. The first-order valence-electron chi connectivity index (χ1n) is 7.15. The average Bonchev–Trinajstić information content (AvgIpc) is 2.96. The molecule has 1 aromatic carbocycles. The molecule has 0 radical (unpaired) electrons. The molecular formula is C15H19N3O2S. The highest BCUT2D eigenvalue weighted by Gasteiger charge is 2.35. The van der Waals surface area contributed by atoms with Gasteiger partial charge < -0.3 is 5.32 Å². The van der Waals surface area contributed by atoms with E-state index in [9.17, 15) is 8.42 Å². The predicted octanol–water partition coefficient (Wildman–Crippen LogP) is 1.61. The molecule has 0 saturated carbocycles. The molecule has 0 bridgehead atoms. The van der Waals surface area contributed by atoms with E-state index in [1.54, 1.807) is 28.7 Å². The van der Waals surface area contributed by atoms with Gasteiger partial charge in [-0.1, -0.05) is 6.07 Å². The number of aromatic nitrogens is 1. The van der Waals surface area contributed by atoms with Gasteiger partial charge in [0.15, 0.2) is 0 Å². The molecule has 2 heterocycles. The molecule has 21 heavy (non-hydrogen) atoms. The monoisotopic (exact) mass is 305 g/mol. The van der Waals surface area contributed by atoms with Crippen molar-refractivity contribution in [2.45, 2.75) is 23.8 Å². The second-order valence-corrected chi connectivity index (χ2v) is 7.15. The molecule has 6 heteroatoms. The highest BCUT2D eigenvalue weighted by Crippen LogP contribution is 2.29. The lowest BCUT2D eigenvalue weighted by Crippen LogP contribution is -2.40. The van der Waals surface area contributed by atoms with Crippen LogP contribution in [0.4, 0.5) is 0 Å². The van der Waals surface area contributed by atoms with Gasteiger partial charge in [-0.2, -0.15) is 4.31 Å².